The smallest absolute Gasteiger partial charge is 0.190 e. The fourth-order valence-corrected chi connectivity index (χ4v) is 3.74. The van der Waals surface area contributed by atoms with E-state index in [4.69, 9.17) is 0 Å². The molecule has 2 aromatic rings. The summed E-state index contributed by atoms with van der Waals surface area (Å²) in [4.78, 5) is 10.3. The Morgan fingerprint density at radius 1 is 1.07 bits per heavy atom. The molecule has 27 heavy (non-hydrogen) atoms. The van der Waals surface area contributed by atoms with Gasteiger partial charge >= 0.3 is 0 Å². The number of benzene rings is 1. The number of aromatic nitrogens is 1. The molecule has 150 valence electrons. The summed E-state index contributed by atoms with van der Waals surface area (Å²) in [6, 6.07) is 8.46. The van der Waals surface area contributed by atoms with Crippen molar-refractivity contribution in [2.45, 2.75) is 38.5 Å². The van der Waals surface area contributed by atoms with E-state index in [1.54, 1.807) is 0 Å². The van der Waals surface area contributed by atoms with Crippen LogP contribution in [-0.2, 0) is 6.42 Å². The first-order valence-corrected chi connectivity index (χ1v) is 10.1. The maximum absolute atomic E-state index is 4.34. The van der Waals surface area contributed by atoms with Crippen LogP contribution in [0.15, 0.2) is 35.5 Å². The van der Waals surface area contributed by atoms with Crippen LogP contribution in [0, 0.1) is 0 Å². The second-order valence-electron chi connectivity index (χ2n) is 7.14. The molecule has 3 N–H and O–H groups in total. The molecule has 3 rings (SSSR count). The third kappa shape index (κ3) is 6.99. The van der Waals surface area contributed by atoms with Crippen LogP contribution in [0.4, 0.5) is 0 Å². The van der Waals surface area contributed by atoms with Gasteiger partial charge < -0.3 is 20.5 Å². The first-order chi connectivity index (χ1) is 12.9. The molecule has 0 unspecified atom stereocenters. The molecule has 0 saturated carbocycles. The number of rotatable bonds is 7. The summed E-state index contributed by atoms with van der Waals surface area (Å²) in [5, 5.41) is 8.19. The molecule has 1 aromatic heterocycles. The summed E-state index contributed by atoms with van der Waals surface area (Å²) in [5.74, 6) is 0.903. The quantitative estimate of drug-likeness (QED) is 0.243. The summed E-state index contributed by atoms with van der Waals surface area (Å²) in [7, 11) is 1.84. The van der Waals surface area contributed by atoms with E-state index in [-0.39, 0.29) is 24.0 Å². The molecule has 2 heterocycles. The summed E-state index contributed by atoms with van der Waals surface area (Å²) in [6.07, 6.45) is 9.81. The highest BCUT2D eigenvalue weighted by molar-refractivity contribution is 14.0. The molecule has 0 bridgehead atoms. The highest BCUT2D eigenvalue weighted by Gasteiger charge is 2.08. The normalized spacial score (nSPS) is 16.0. The molecule has 1 aliphatic heterocycles. The van der Waals surface area contributed by atoms with Crippen molar-refractivity contribution in [3.05, 3.63) is 36.0 Å². The summed E-state index contributed by atoms with van der Waals surface area (Å²) in [5.41, 5.74) is 2.56. The molecule has 0 aliphatic carbocycles. The van der Waals surface area contributed by atoms with Gasteiger partial charge in [0, 0.05) is 37.2 Å². The average molecular weight is 483 g/mol. The van der Waals surface area contributed by atoms with Gasteiger partial charge in [-0.25, -0.2) is 0 Å². The molecular weight excluding hydrogens is 449 g/mol. The number of halogens is 1. The van der Waals surface area contributed by atoms with Crippen molar-refractivity contribution in [1.29, 1.82) is 0 Å². The van der Waals surface area contributed by atoms with Crippen LogP contribution in [-0.4, -0.2) is 55.6 Å². The molecular formula is C21H34IN5. The molecule has 0 amide bonds. The monoisotopic (exact) mass is 483 g/mol. The number of hydrogen-bond acceptors (Lipinski definition) is 2. The molecule has 0 radical (unpaired) electrons. The highest BCUT2D eigenvalue weighted by atomic mass is 127. The predicted octanol–water partition coefficient (Wildman–Crippen LogP) is 3.76. The van der Waals surface area contributed by atoms with Crippen molar-refractivity contribution >= 4 is 40.8 Å². The first kappa shape index (κ1) is 22.0. The van der Waals surface area contributed by atoms with E-state index in [0.29, 0.717) is 0 Å². The van der Waals surface area contributed by atoms with E-state index in [1.165, 1.54) is 68.2 Å². The Hall–Kier alpha value is -1.28. The van der Waals surface area contributed by atoms with Crippen molar-refractivity contribution in [3.8, 4) is 0 Å². The molecule has 1 saturated heterocycles. The zero-order valence-electron chi connectivity index (χ0n) is 16.5. The van der Waals surface area contributed by atoms with Crippen molar-refractivity contribution in [2.75, 3.05) is 39.8 Å². The average Bonchev–Trinajstić information content (AvgIpc) is 2.90. The Morgan fingerprint density at radius 3 is 2.59 bits per heavy atom. The number of hydrogen-bond donors (Lipinski definition) is 3. The van der Waals surface area contributed by atoms with Gasteiger partial charge in [-0.1, -0.05) is 31.0 Å². The van der Waals surface area contributed by atoms with Crippen LogP contribution in [0.25, 0.3) is 10.9 Å². The fraction of sp³-hybridized carbons (Fsp3) is 0.571. The standard InChI is InChI=1S/C21H33N5.HI/c1-22-21(23-12-8-16-26-14-6-2-3-7-15-26)24-13-11-18-17-25-20-10-5-4-9-19(18)20;/h4-5,9-10,17,25H,2-3,6-8,11-16H2,1H3,(H2,22,23,24);1H. The Balaban J connectivity index is 0.00000261. The van der Waals surface area contributed by atoms with E-state index in [1.807, 2.05) is 7.05 Å². The Morgan fingerprint density at radius 2 is 1.81 bits per heavy atom. The van der Waals surface area contributed by atoms with Gasteiger partial charge in [-0.15, -0.1) is 24.0 Å². The number of para-hydroxylation sites is 1. The Kier molecular flexibility index (Phi) is 9.97. The molecule has 5 nitrogen and oxygen atoms in total. The number of likely N-dealkylation sites (tertiary alicyclic amines) is 1. The number of H-pyrrole nitrogens is 1. The topological polar surface area (TPSA) is 55.5 Å². The minimum atomic E-state index is 0. The molecule has 1 aliphatic rings. The third-order valence-electron chi connectivity index (χ3n) is 5.23. The number of aromatic amines is 1. The third-order valence-corrected chi connectivity index (χ3v) is 5.23. The lowest BCUT2D eigenvalue weighted by atomic mass is 10.1. The van der Waals surface area contributed by atoms with Crippen molar-refractivity contribution in [1.82, 2.24) is 20.5 Å². The number of guanidine groups is 1. The Bertz CT molecular complexity index is 689. The lowest BCUT2D eigenvalue weighted by molar-refractivity contribution is 0.282. The van der Waals surface area contributed by atoms with E-state index < -0.39 is 0 Å². The molecule has 0 atom stereocenters. The largest absolute Gasteiger partial charge is 0.361 e. The minimum absolute atomic E-state index is 0. The Labute approximate surface area is 180 Å². The highest BCUT2D eigenvalue weighted by Crippen LogP contribution is 2.17. The van der Waals surface area contributed by atoms with Crippen LogP contribution in [0.2, 0.25) is 0 Å². The molecule has 6 heteroatoms. The van der Waals surface area contributed by atoms with Crippen molar-refractivity contribution < 1.29 is 0 Å². The van der Waals surface area contributed by atoms with Gasteiger partial charge in [-0.2, -0.15) is 0 Å². The molecule has 0 spiro atoms. The molecule has 1 aromatic carbocycles. The maximum atomic E-state index is 4.34. The van der Waals surface area contributed by atoms with Gasteiger partial charge in [0.15, 0.2) is 5.96 Å². The van der Waals surface area contributed by atoms with Crippen LogP contribution in [0.3, 0.4) is 0 Å². The minimum Gasteiger partial charge on any atom is -0.361 e. The number of aliphatic imine (C=N–C) groups is 1. The number of nitrogens with one attached hydrogen (secondary N) is 3. The second-order valence-corrected chi connectivity index (χ2v) is 7.14. The maximum Gasteiger partial charge on any atom is 0.190 e. The number of nitrogens with zero attached hydrogens (tertiary/aromatic N) is 2. The van der Waals surface area contributed by atoms with Crippen molar-refractivity contribution in [3.63, 3.8) is 0 Å². The van der Waals surface area contributed by atoms with E-state index in [9.17, 15) is 0 Å². The second kappa shape index (κ2) is 12.2. The van der Waals surface area contributed by atoms with E-state index in [2.05, 4.69) is 56.0 Å². The lowest BCUT2D eigenvalue weighted by Gasteiger charge is -2.20. The number of fused-ring (bicyclic) bond motifs is 1. The fourth-order valence-electron chi connectivity index (χ4n) is 3.74. The van der Waals surface area contributed by atoms with Gasteiger partial charge in [0.05, 0.1) is 0 Å². The van der Waals surface area contributed by atoms with Gasteiger partial charge in [0.2, 0.25) is 0 Å². The summed E-state index contributed by atoms with van der Waals surface area (Å²) < 4.78 is 0. The predicted molar refractivity (Wildman–Crippen MR) is 126 cm³/mol. The zero-order chi connectivity index (χ0) is 18.0. The van der Waals surface area contributed by atoms with Gasteiger partial charge in [0.25, 0.3) is 0 Å². The van der Waals surface area contributed by atoms with Gasteiger partial charge in [-0.05, 0) is 56.9 Å². The van der Waals surface area contributed by atoms with Gasteiger partial charge in [0.1, 0.15) is 0 Å². The van der Waals surface area contributed by atoms with E-state index >= 15 is 0 Å². The SMILES string of the molecule is CN=C(NCCCN1CCCCCC1)NCCc1c[nH]c2ccccc12.I. The van der Waals surface area contributed by atoms with E-state index in [0.717, 1.165) is 25.5 Å². The summed E-state index contributed by atoms with van der Waals surface area (Å²) in [6.45, 7) is 5.60. The van der Waals surface area contributed by atoms with Crippen LogP contribution < -0.4 is 10.6 Å². The lowest BCUT2D eigenvalue weighted by Crippen LogP contribution is -2.39. The van der Waals surface area contributed by atoms with Gasteiger partial charge in [-0.3, -0.25) is 4.99 Å². The van der Waals surface area contributed by atoms with Crippen LogP contribution in [0.1, 0.15) is 37.7 Å². The zero-order valence-corrected chi connectivity index (χ0v) is 18.8. The first-order valence-electron chi connectivity index (χ1n) is 10.1. The van der Waals surface area contributed by atoms with Crippen LogP contribution in [0.5, 0.6) is 0 Å². The summed E-state index contributed by atoms with van der Waals surface area (Å²) >= 11 is 0. The molecule has 1 fully saturated rings. The van der Waals surface area contributed by atoms with Crippen LogP contribution >= 0.6 is 24.0 Å². The van der Waals surface area contributed by atoms with Crippen molar-refractivity contribution in [2.24, 2.45) is 4.99 Å².